The van der Waals surface area contributed by atoms with Gasteiger partial charge in [0, 0.05) is 15.7 Å². The molecule has 18 heavy (non-hydrogen) atoms. The molecule has 2 nitrogen and oxygen atoms in total. The molecule has 1 N–H and O–H groups in total. The van der Waals surface area contributed by atoms with Crippen LogP contribution in [-0.4, -0.2) is 5.91 Å². The zero-order valence-corrected chi connectivity index (χ0v) is 12.0. The van der Waals surface area contributed by atoms with E-state index in [-0.39, 0.29) is 5.91 Å². The van der Waals surface area contributed by atoms with Crippen molar-refractivity contribution in [2.45, 2.75) is 6.92 Å². The Labute approximate surface area is 119 Å². The number of carbonyl (C=O) groups excluding carboxylic acids is 1. The third kappa shape index (κ3) is 3.12. The Morgan fingerprint density at radius 3 is 2.44 bits per heavy atom. The lowest BCUT2D eigenvalue weighted by Gasteiger charge is -2.06. The van der Waals surface area contributed by atoms with Gasteiger partial charge in [-0.2, -0.15) is 0 Å². The minimum absolute atomic E-state index is 0.156. The van der Waals surface area contributed by atoms with Gasteiger partial charge in [0.15, 0.2) is 0 Å². The fourth-order valence-corrected chi connectivity index (χ4v) is 1.97. The van der Waals surface area contributed by atoms with Crippen LogP contribution in [0.25, 0.3) is 0 Å². The van der Waals surface area contributed by atoms with Gasteiger partial charge in [0.25, 0.3) is 5.91 Å². The molecule has 2 aromatic carbocycles. The molecule has 2 rings (SSSR count). The monoisotopic (exact) mass is 323 g/mol. The van der Waals surface area contributed by atoms with Crippen molar-refractivity contribution in [1.82, 2.24) is 0 Å². The van der Waals surface area contributed by atoms with Crippen LogP contribution < -0.4 is 5.32 Å². The molecule has 0 fully saturated rings. The number of rotatable bonds is 2. The second-order valence-corrected chi connectivity index (χ2v) is 5.21. The van der Waals surface area contributed by atoms with Gasteiger partial charge in [-0.05, 0) is 53.2 Å². The van der Waals surface area contributed by atoms with Crippen LogP contribution >= 0.6 is 27.5 Å². The van der Waals surface area contributed by atoms with E-state index in [1.165, 1.54) is 0 Å². The van der Waals surface area contributed by atoms with Gasteiger partial charge in [-0.25, -0.2) is 0 Å². The third-order valence-electron chi connectivity index (χ3n) is 2.49. The average Bonchev–Trinajstić information content (AvgIpc) is 2.35. The van der Waals surface area contributed by atoms with Crippen LogP contribution in [0.3, 0.4) is 0 Å². The van der Waals surface area contributed by atoms with E-state index in [9.17, 15) is 4.79 Å². The summed E-state index contributed by atoms with van der Waals surface area (Å²) in [4.78, 5) is 12.0. The summed E-state index contributed by atoms with van der Waals surface area (Å²) in [6.45, 7) is 2.00. The highest BCUT2D eigenvalue weighted by atomic mass is 79.9. The maximum absolute atomic E-state index is 12.0. The number of carbonyl (C=O) groups is 1. The number of aryl methyl sites for hydroxylation is 1. The van der Waals surface area contributed by atoms with E-state index in [0.717, 1.165) is 11.3 Å². The summed E-state index contributed by atoms with van der Waals surface area (Å²) in [7, 11) is 0. The molecule has 0 saturated heterocycles. The first-order chi connectivity index (χ1) is 8.56. The molecule has 0 unspecified atom stereocenters. The van der Waals surface area contributed by atoms with Crippen LogP contribution in [0, 0.1) is 6.92 Å². The van der Waals surface area contributed by atoms with Crippen molar-refractivity contribution in [1.29, 1.82) is 0 Å². The summed E-state index contributed by atoms with van der Waals surface area (Å²) in [5, 5.41) is 3.41. The molecular formula is C14H11BrClNO. The van der Waals surface area contributed by atoms with Crippen molar-refractivity contribution < 1.29 is 4.79 Å². The molecule has 0 bridgehead atoms. The second kappa shape index (κ2) is 5.55. The number of amides is 1. The summed E-state index contributed by atoms with van der Waals surface area (Å²) in [5.74, 6) is -0.156. The summed E-state index contributed by atoms with van der Waals surface area (Å²) in [6.07, 6.45) is 0. The first kappa shape index (κ1) is 13.1. The molecule has 0 spiro atoms. The fourth-order valence-electron chi connectivity index (χ4n) is 1.48. The van der Waals surface area contributed by atoms with Crippen molar-refractivity contribution >= 4 is 39.1 Å². The number of halogens is 2. The molecule has 92 valence electrons. The molecule has 1 amide bonds. The van der Waals surface area contributed by atoms with Crippen molar-refractivity contribution in [3.05, 3.63) is 63.1 Å². The quantitative estimate of drug-likeness (QED) is 0.855. The molecule has 0 aliphatic carbocycles. The van der Waals surface area contributed by atoms with Crippen molar-refractivity contribution in [2.75, 3.05) is 5.32 Å². The molecule has 4 heteroatoms. The number of nitrogens with one attached hydrogen (secondary N) is 1. The summed E-state index contributed by atoms with van der Waals surface area (Å²) >= 11 is 9.18. The molecular weight excluding hydrogens is 314 g/mol. The van der Waals surface area contributed by atoms with Crippen LogP contribution in [0.15, 0.2) is 46.9 Å². The van der Waals surface area contributed by atoms with Crippen molar-refractivity contribution in [2.24, 2.45) is 0 Å². The lowest BCUT2D eigenvalue weighted by atomic mass is 10.2. The van der Waals surface area contributed by atoms with E-state index in [4.69, 9.17) is 11.6 Å². The molecule has 0 aromatic heterocycles. The number of hydrogen-bond acceptors (Lipinski definition) is 1. The minimum atomic E-state index is -0.156. The zero-order valence-electron chi connectivity index (χ0n) is 9.71. The van der Waals surface area contributed by atoms with Gasteiger partial charge < -0.3 is 5.32 Å². The fraction of sp³-hybridized carbons (Fsp3) is 0.0714. The molecule has 0 atom stereocenters. The van der Waals surface area contributed by atoms with Crippen LogP contribution in [0.5, 0.6) is 0 Å². The van der Waals surface area contributed by atoms with Gasteiger partial charge in [0.1, 0.15) is 0 Å². The van der Waals surface area contributed by atoms with Crippen LogP contribution in [0.2, 0.25) is 5.02 Å². The highest BCUT2D eigenvalue weighted by Crippen LogP contribution is 2.23. The van der Waals surface area contributed by atoms with E-state index < -0.39 is 0 Å². The van der Waals surface area contributed by atoms with Gasteiger partial charge in [-0.3, -0.25) is 4.79 Å². The van der Waals surface area contributed by atoms with Crippen LogP contribution in [-0.2, 0) is 0 Å². The largest absolute Gasteiger partial charge is 0.322 e. The van der Waals surface area contributed by atoms with Gasteiger partial charge >= 0.3 is 0 Å². The standard InChI is InChI=1S/C14H11BrClNO/c1-9-2-5-11(6-3-9)17-14(18)10-4-7-13(16)12(15)8-10/h2-8H,1H3,(H,17,18). The van der Waals surface area contributed by atoms with Crippen molar-refractivity contribution in [3.63, 3.8) is 0 Å². The molecule has 0 aliphatic rings. The average molecular weight is 325 g/mol. The van der Waals surface area contributed by atoms with E-state index >= 15 is 0 Å². The Balaban J connectivity index is 2.16. The first-order valence-corrected chi connectivity index (χ1v) is 6.56. The van der Waals surface area contributed by atoms with Gasteiger partial charge in [-0.1, -0.05) is 29.3 Å². The van der Waals surface area contributed by atoms with Crippen LogP contribution in [0.4, 0.5) is 5.69 Å². The van der Waals surface area contributed by atoms with Gasteiger partial charge in [0.2, 0.25) is 0 Å². The normalized spacial score (nSPS) is 10.2. The Bertz CT molecular complexity index is 581. The number of benzene rings is 2. The Morgan fingerprint density at radius 1 is 1.17 bits per heavy atom. The van der Waals surface area contributed by atoms with Gasteiger partial charge in [0.05, 0.1) is 5.02 Å². The Hall–Kier alpha value is -1.32. The first-order valence-electron chi connectivity index (χ1n) is 5.39. The maximum Gasteiger partial charge on any atom is 0.255 e. The van der Waals surface area contributed by atoms with Gasteiger partial charge in [-0.15, -0.1) is 0 Å². The molecule has 0 radical (unpaired) electrons. The third-order valence-corrected chi connectivity index (χ3v) is 3.71. The van der Waals surface area contributed by atoms with E-state index in [1.807, 2.05) is 31.2 Å². The molecule has 0 aliphatic heterocycles. The lowest BCUT2D eigenvalue weighted by Crippen LogP contribution is -2.11. The summed E-state index contributed by atoms with van der Waals surface area (Å²) < 4.78 is 0.709. The van der Waals surface area contributed by atoms with E-state index in [1.54, 1.807) is 18.2 Å². The van der Waals surface area contributed by atoms with E-state index in [2.05, 4.69) is 21.2 Å². The zero-order chi connectivity index (χ0) is 13.1. The highest BCUT2D eigenvalue weighted by Gasteiger charge is 2.07. The summed E-state index contributed by atoms with van der Waals surface area (Å²) in [5.41, 5.74) is 2.49. The predicted octanol–water partition coefficient (Wildman–Crippen LogP) is 4.66. The Kier molecular flexibility index (Phi) is 4.04. The maximum atomic E-state index is 12.0. The van der Waals surface area contributed by atoms with Crippen molar-refractivity contribution in [3.8, 4) is 0 Å². The number of anilines is 1. The second-order valence-electron chi connectivity index (χ2n) is 3.95. The van der Waals surface area contributed by atoms with Crippen LogP contribution in [0.1, 0.15) is 15.9 Å². The molecule has 0 heterocycles. The summed E-state index contributed by atoms with van der Waals surface area (Å²) in [6, 6.07) is 12.7. The topological polar surface area (TPSA) is 29.1 Å². The Morgan fingerprint density at radius 2 is 1.83 bits per heavy atom. The smallest absolute Gasteiger partial charge is 0.255 e. The highest BCUT2D eigenvalue weighted by molar-refractivity contribution is 9.10. The number of hydrogen-bond donors (Lipinski definition) is 1. The minimum Gasteiger partial charge on any atom is -0.322 e. The SMILES string of the molecule is Cc1ccc(NC(=O)c2ccc(Cl)c(Br)c2)cc1. The molecule has 2 aromatic rings. The van der Waals surface area contributed by atoms with E-state index in [0.29, 0.717) is 15.1 Å². The lowest BCUT2D eigenvalue weighted by molar-refractivity contribution is 0.102. The predicted molar refractivity (Wildman–Crippen MR) is 78.3 cm³/mol. The molecule has 0 saturated carbocycles.